The monoisotopic (exact) mass is 292 g/mol. The molecule has 118 valence electrons. The van der Waals surface area contributed by atoms with Gasteiger partial charge in [-0.2, -0.15) is 0 Å². The molecule has 1 aliphatic rings. The van der Waals surface area contributed by atoms with Crippen LogP contribution in [0.5, 0.6) is 0 Å². The summed E-state index contributed by atoms with van der Waals surface area (Å²) in [5.74, 6) is 2.95. The maximum Gasteiger partial charge on any atom is 0.135 e. The summed E-state index contributed by atoms with van der Waals surface area (Å²) in [7, 11) is 0. The van der Waals surface area contributed by atoms with E-state index in [4.69, 9.17) is 4.74 Å². The summed E-state index contributed by atoms with van der Waals surface area (Å²) in [6.07, 6.45) is 5.54. The molecule has 1 aromatic rings. The SMILES string of the molecule is CCNc1cc(NCCOC2CCCC2)nc(C(C)C)n1. The van der Waals surface area contributed by atoms with E-state index in [1.54, 1.807) is 0 Å². The predicted octanol–water partition coefficient (Wildman–Crippen LogP) is 3.40. The Labute approximate surface area is 127 Å². The Balaban J connectivity index is 1.85. The highest BCUT2D eigenvalue weighted by molar-refractivity contribution is 5.47. The fourth-order valence-corrected chi connectivity index (χ4v) is 2.55. The Morgan fingerprint density at radius 3 is 2.48 bits per heavy atom. The number of rotatable bonds is 8. The maximum atomic E-state index is 5.86. The highest BCUT2D eigenvalue weighted by atomic mass is 16.5. The molecule has 2 N–H and O–H groups in total. The molecule has 0 radical (unpaired) electrons. The molecule has 0 amide bonds. The molecule has 1 heterocycles. The summed E-state index contributed by atoms with van der Waals surface area (Å²) in [5, 5.41) is 6.60. The molecule has 0 spiro atoms. The molecule has 0 bridgehead atoms. The van der Waals surface area contributed by atoms with E-state index in [2.05, 4.69) is 41.4 Å². The molecule has 0 saturated heterocycles. The fraction of sp³-hybridized carbons (Fsp3) is 0.750. The molecule has 21 heavy (non-hydrogen) atoms. The van der Waals surface area contributed by atoms with Crippen molar-refractivity contribution >= 4 is 11.6 Å². The van der Waals surface area contributed by atoms with Gasteiger partial charge in [-0.3, -0.25) is 0 Å². The van der Waals surface area contributed by atoms with Crippen molar-refractivity contribution in [3.05, 3.63) is 11.9 Å². The first-order valence-electron chi connectivity index (χ1n) is 8.17. The zero-order valence-electron chi connectivity index (χ0n) is 13.5. The molecule has 0 aromatic carbocycles. The molecular formula is C16H28N4O. The van der Waals surface area contributed by atoms with Gasteiger partial charge in [0.2, 0.25) is 0 Å². The second-order valence-corrected chi connectivity index (χ2v) is 5.89. The Hall–Kier alpha value is -1.36. The first kappa shape index (κ1) is 16.0. The van der Waals surface area contributed by atoms with Crippen molar-refractivity contribution in [3.8, 4) is 0 Å². The van der Waals surface area contributed by atoms with Crippen molar-refractivity contribution in [1.29, 1.82) is 0 Å². The number of aromatic nitrogens is 2. The van der Waals surface area contributed by atoms with E-state index in [0.717, 1.165) is 37.2 Å². The zero-order valence-corrected chi connectivity index (χ0v) is 13.5. The zero-order chi connectivity index (χ0) is 15.1. The average Bonchev–Trinajstić information content (AvgIpc) is 2.97. The summed E-state index contributed by atoms with van der Waals surface area (Å²) in [5.41, 5.74) is 0. The summed E-state index contributed by atoms with van der Waals surface area (Å²) in [6, 6.07) is 1.96. The number of nitrogens with one attached hydrogen (secondary N) is 2. The van der Waals surface area contributed by atoms with Gasteiger partial charge in [0.25, 0.3) is 0 Å². The predicted molar refractivity (Wildman–Crippen MR) is 87.0 cm³/mol. The van der Waals surface area contributed by atoms with Crippen LogP contribution in [-0.4, -0.2) is 35.8 Å². The highest BCUT2D eigenvalue weighted by Gasteiger charge is 2.14. The van der Waals surface area contributed by atoms with Crippen molar-refractivity contribution in [2.24, 2.45) is 0 Å². The van der Waals surface area contributed by atoms with Gasteiger partial charge in [-0.05, 0) is 19.8 Å². The molecule has 0 aliphatic heterocycles. The van der Waals surface area contributed by atoms with Gasteiger partial charge in [0, 0.05) is 25.1 Å². The summed E-state index contributed by atoms with van der Waals surface area (Å²) >= 11 is 0. The van der Waals surface area contributed by atoms with E-state index >= 15 is 0 Å². The lowest BCUT2D eigenvalue weighted by molar-refractivity contribution is 0.0658. The summed E-state index contributed by atoms with van der Waals surface area (Å²) in [6.45, 7) is 8.67. The van der Waals surface area contributed by atoms with Gasteiger partial charge in [-0.25, -0.2) is 9.97 Å². The van der Waals surface area contributed by atoms with Gasteiger partial charge >= 0.3 is 0 Å². The van der Waals surface area contributed by atoms with Crippen LogP contribution in [0.2, 0.25) is 0 Å². The molecule has 0 atom stereocenters. The van der Waals surface area contributed by atoms with Crippen LogP contribution in [0.3, 0.4) is 0 Å². The first-order chi connectivity index (χ1) is 10.2. The second kappa shape index (κ2) is 8.17. The lowest BCUT2D eigenvalue weighted by Gasteiger charge is -2.14. The number of hydrogen-bond donors (Lipinski definition) is 2. The topological polar surface area (TPSA) is 59.1 Å². The standard InChI is InChI=1S/C16H28N4O/c1-4-17-14-11-15(20-16(19-14)12(2)3)18-9-10-21-13-7-5-6-8-13/h11-13H,4-10H2,1-3H3,(H2,17,18,19,20). The van der Waals surface area contributed by atoms with E-state index in [-0.39, 0.29) is 0 Å². The molecule has 1 saturated carbocycles. The Kier molecular flexibility index (Phi) is 6.23. The van der Waals surface area contributed by atoms with Crippen molar-refractivity contribution < 1.29 is 4.74 Å². The minimum atomic E-state index is 0.318. The third kappa shape index (κ3) is 5.16. The number of anilines is 2. The Morgan fingerprint density at radius 2 is 1.86 bits per heavy atom. The Morgan fingerprint density at radius 1 is 1.19 bits per heavy atom. The van der Waals surface area contributed by atoms with Crippen LogP contribution in [0.15, 0.2) is 6.07 Å². The van der Waals surface area contributed by atoms with Crippen LogP contribution in [-0.2, 0) is 4.74 Å². The van der Waals surface area contributed by atoms with Gasteiger partial charge < -0.3 is 15.4 Å². The van der Waals surface area contributed by atoms with Crippen molar-refractivity contribution in [3.63, 3.8) is 0 Å². The van der Waals surface area contributed by atoms with E-state index in [9.17, 15) is 0 Å². The van der Waals surface area contributed by atoms with Gasteiger partial charge in [-0.1, -0.05) is 26.7 Å². The molecule has 1 fully saturated rings. The van der Waals surface area contributed by atoms with Crippen LogP contribution in [0.4, 0.5) is 11.6 Å². The largest absolute Gasteiger partial charge is 0.376 e. The van der Waals surface area contributed by atoms with Gasteiger partial charge in [-0.15, -0.1) is 0 Å². The minimum Gasteiger partial charge on any atom is -0.376 e. The number of hydrogen-bond acceptors (Lipinski definition) is 5. The lowest BCUT2D eigenvalue weighted by Crippen LogP contribution is -2.16. The van der Waals surface area contributed by atoms with Crippen LogP contribution in [0, 0.1) is 0 Å². The Bertz CT molecular complexity index is 430. The second-order valence-electron chi connectivity index (χ2n) is 5.89. The summed E-state index contributed by atoms with van der Waals surface area (Å²) in [4.78, 5) is 9.09. The van der Waals surface area contributed by atoms with Crippen molar-refractivity contribution in [2.45, 2.75) is 58.5 Å². The van der Waals surface area contributed by atoms with Gasteiger partial charge in [0.15, 0.2) is 0 Å². The molecular weight excluding hydrogens is 264 g/mol. The number of ether oxygens (including phenoxy) is 1. The minimum absolute atomic E-state index is 0.318. The molecule has 0 unspecified atom stereocenters. The summed E-state index contributed by atoms with van der Waals surface area (Å²) < 4.78 is 5.86. The van der Waals surface area contributed by atoms with Crippen molar-refractivity contribution in [2.75, 3.05) is 30.3 Å². The smallest absolute Gasteiger partial charge is 0.135 e. The maximum absolute atomic E-state index is 5.86. The third-order valence-electron chi connectivity index (χ3n) is 3.68. The first-order valence-corrected chi connectivity index (χ1v) is 8.17. The van der Waals surface area contributed by atoms with E-state index in [1.165, 1.54) is 25.7 Å². The highest BCUT2D eigenvalue weighted by Crippen LogP contribution is 2.21. The normalized spacial score (nSPS) is 15.6. The fourth-order valence-electron chi connectivity index (χ4n) is 2.55. The van der Waals surface area contributed by atoms with Crippen molar-refractivity contribution in [1.82, 2.24) is 9.97 Å². The van der Waals surface area contributed by atoms with Crippen LogP contribution < -0.4 is 10.6 Å². The van der Waals surface area contributed by atoms with E-state index < -0.39 is 0 Å². The molecule has 1 aliphatic carbocycles. The molecule has 5 nitrogen and oxygen atoms in total. The average molecular weight is 292 g/mol. The van der Waals surface area contributed by atoms with Crippen LogP contribution >= 0.6 is 0 Å². The van der Waals surface area contributed by atoms with Gasteiger partial charge in [0.05, 0.1) is 12.7 Å². The van der Waals surface area contributed by atoms with Gasteiger partial charge in [0.1, 0.15) is 17.5 Å². The molecule has 1 aromatic heterocycles. The third-order valence-corrected chi connectivity index (χ3v) is 3.68. The molecule has 2 rings (SSSR count). The van der Waals surface area contributed by atoms with Crippen LogP contribution in [0.1, 0.15) is 58.2 Å². The molecule has 5 heteroatoms. The quantitative estimate of drug-likeness (QED) is 0.719. The number of nitrogens with zero attached hydrogens (tertiary/aromatic N) is 2. The van der Waals surface area contributed by atoms with Crippen LogP contribution in [0.25, 0.3) is 0 Å². The lowest BCUT2D eigenvalue weighted by atomic mass is 10.2. The van der Waals surface area contributed by atoms with E-state index in [1.807, 2.05) is 6.07 Å². The van der Waals surface area contributed by atoms with E-state index in [0.29, 0.717) is 12.0 Å².